The summed E-state index contributed by atoms with van der Waals surface area (Å²) < 4.78 is 37.2. The van der Waals surface area contributed by atoms with E-state index in [2.05, 4.69) is 0 Å². The van der Waals surface area contributed by atoms with E-state index in [1.54, 1.807) is 27.7 Å². The first-order valence-corrected chi connectivity index (χ1v) is 8.58. The average molecular weight is 322 g/mol. The van der Waals surface area contributed by atoms with Crippen LogP contribution in [0.4, 0.5) is 0 Å². The molecule has 8 heteroatoms. The fourth-order valence-corrected chi connectivity index (χ4v) is 2.73. The van der Waals surface area contributed by atoms with Gasteiger partial charge in [-0.1, -0.05) is 0 Å². The van der Waals surface area contributed by atoms with Gasteiger partial charge in [-0.3, -0.25) is 13.8 Å². The number of carbonyl (C=O) groups is 2. The molecule has 1 saturated carbocycles. The molecule has 1 aliphatic rings. The van der Waals surface area contributed by atoms with E-state index in [0.717, 1.165) is 6.26 Å². The lowest BCUT2D eigenvalue weighted by Crippen LogP contribution is -2.55. The van der Waals surface area contributed by atoms with Gasteiger partial charge in [-0.25, -0.2) is 0 Å². The standard InChI is InChI=1S/C13H22O7S/c1-8(2)18-11(14)13(12(15)19-9(3)4)6-10(7-13)20-21(5,16)17/h8-10H,6-7H2,1-5H3. The average Bonchev–Trinajstić information content (AvgIpc) is 2.18. The van der Waals surface area contributed by atoms with Crippen LogP contribution in [0, 0.1) is 5.41 Å². The highest BCUT2D eigenvalue weighted by Gasteiger charge is 2.60. The molecule has 0 aliphatic heterocycles. The van der Waals surface area contributed by atoms with Gasteiger partial charge in [-0.2, -0.15) is 8.42 Å². The van der Waals surface area contributed by atoms with Gasteiger partial charge < -0.3 is 9.47 Å². The molecule has 1 aliphatic carbocycles. The number of ether oxygens (including phenoxy) is 2. The van der Waals surface area contributed by atoms with Crippen molar-refractivity contribution in [2.75, 3.05) is 6.26 Å². The number of carbonyl (C=O) groups excluding carboxylic acids is 2. The first kappa shape index (κ1) is 17.9. The molecular formula is C13H22O7S. The molecule has 0 aromatic carbocycles. The topological polar surface area (TPSA) is 96.0 Å². The molecule has 0 unspecified atom stereocenters. The summed E-state index contributed by atoms with van der Waals surface area (Å²) in [4.78, 5) is 24.3. The Balaban J connectivity index is 2.85. The van der Waals surface area contributed by atoms with E-state index in [4.69, 9.17) is 13.7 Å². The van der Waals surface area contributed by atoms with Crippen LogP contribution in [0.3, 0.4) is 0 Å². The van der Waals surface area contributed by atoms with Crippen molar-refractivity contribution in [1.29, 1.82) is 0 Å². The molecule has 1 fully saturated rings. The highest BCUT2D eigenvalue weighted by molar-refractivity contribution is 7.86. The van der Waals surface area contributed by atoms with E-state index in [0.29, 0.717) is 0 Å². The summed E-state index contributed by atoms with van der Waals surface area (Å²) in [7, 11) is -3.64. The molecular weight excluding hydrogens is 300 g/mol. The lowest BCUT2D eigenvalue weighted by atomic mass is 9.66. The Bertz CT molecular complexity index is 477. The molecule has 0 aromatic heterocycles. The summed E-state index contributed by atoms with van der Waals surface area (Å²) in [6, 6.07) is 0. The van der Waals surface area contributed by atoms with Crippen molar-refractivity contribution >= 4 is 22.1 Å². The van der Waals surface area contributed by atoms with Crippen molar-refractivity contribution in [2.24, 2.45) is 5.41 Å². The molecule has 0 heterocycles. The minimum Gasteiger partial charge on any atom is -0.462 e. The van der Waals surface area contributed by atoms with E-state index < -0.39 is 33.6 Å². The Morgan fingerprint density at radius 3 is 1.67 bits per heavy atom. The molecule has 21 heavy (non-hydrogen) atoms. The SMILES string of the molecule is CC(C)OC(=O)C1(C(=O)OC(C)C)CC(OS(C)(=O)=O)C1. The van der Waals surface area contributed by atoms with Crippen LogP contribution in [0.1, 0.15) is 40.5 Å². The molecule has 0 saturated heterocycles. The van der Waals surface area contributed by atoms with Crippen LogP contribution in [-0.2, 0) is 33.4 Å². The summed E-state index contributed by atoms with van der Waals surface area (Å²) in [6.45, 7) is 6.68. The summed E-state index contributed by atoms with van der Waals surface area (Å²) in [5.41, 5.74) is -1.47. The largest absolute Gasteiger partial charge is 0.462 e. The Morgan fingerprint density at radius 2 is 1.38 bits per heavy atom. The third kappa shape index (κ3) is 4.67. The Morgan fingerprint density at radius 1 is 1.00 bits per heavy atom. The van der Waals surface area contributed by atoms with Crippen LogP contribution in [0.2, 0.25) is 0 Å². The first-order valence-electron chi connectivity index (χ1n) is 6.76. The van der Waals surface area contributed by atoms with Gasteiger partial charge in [0.05, 0.1) is 24.6 Å². The highest BCUT2D eigenvalue weighted by Crippen LogP contribution is 2.46. The second-order valence-corrected chi connectivity index (χ2v) is 7.42. The summed E-state index contributed by atoms with van der Waals surface area (Å²) in [6.07, 6.45) is -0.660. The maximum atomic E-state index is 12.2. The van der Waals surface area contributed by atoms with Gasteiger partial charge in [-0.05, 0) is 27.7 Å². The molecule has 0 amide bonds. The summed E-state index contributed by atoms with van der Waals surface area (Å²) in [5.74, 6) is -1.40. The molecule has 0 radical (unpaired) electrons. The zero-order chi connectivity index (χ0) is 16.4. The number of hydrogen-bond donors (Lipinski definition) is 0. The van der Waals surface area contributed by atoms with Crippen LogP contribution in [0.15, 0.2) is 0 Å². The van der Waals surface area contributed by atoms with Crippen LogP contribution in [0.25, 0.3) is 0 Å². The smallest absolute Gasteiger partial charge is 0.323 e. The zero-order valence-corrected chi connectivity index (χ0v) is 13.7. The Kier molecular flexibility index (Phi) is 5.38. The van der Waals surface area contributed by atoms with Gasteiger partial charge in [0.1, 0.15) is 0 Å². The van der Waals surface area contributed by atoms with Gasteiger partial charge in [0, 0.05) is 12.8 Å². The van der Waals surface area contributed by atoms with Gasteiger partial charge in [0.15, 0.2) is 5.41 Å². The van der Waals surface area contributed by atoms with Crippen molar-refractivity contribution in [1.82, 2.24) is 0 Å². The fourth-order valence-electron chi connectivity index (χ4n) is 2.10. The van der Waals surface area contributed by atoms with E-state index in [1.807, 2.05) is 0 Å². The Hall–Kier alpha value is -1.15. The molecule has 0 atom stereocenters. The maximum Gasteiger partial charge on any atom is 0.323 e. The Labute approximate surface area is 125 Å². The quantitative estimate of drug-likeness (QED) is 0.409. The molecule has 1 rings (SSSR count). The van der Waals surface area contributed by atoms with Crippen LogP contribution in [-0.4, -0.2) is 44.9 Å². The van der Waals surface area contributed by atoms with E-state index in [-0.39, 0.29) is 25.0 Å². The third-order valence-electron chi connectivity index (χ3n) is 2.93. The van der Waals surface area contributed by atoms with E-state index in [9.17, 15) is 18.0 Å². The van der Waals surface area contributed by atoms with Gasteiger partial charge >= 0.3 is 11.9 Å². The van der Waals surface area contributed by atoms with Crippen LogP contribution in [0.5, 0.6) is 0 Å². The molecule has 0 aromatic rings. The summed E-state index contributed by atoms with van der Waals surface area (Å²) >= 11 is 0. The minimum atomic E-state index is -3.64. The monoisotopic (exact) mass is 322 g/mol. The van der Waals surface area contributed by atoms with Crippen molar-refractivity contribution < 1.29 is 31.7 Å². The van der Waals surface area contributed by atoms with E-state index >= 15 is 0 Å². The second kappa shape index (κ2) is 6.31. The molecule has 7 nitrogen and oxygen atoms in total. The van der Waals surface area contributed by atoms with Crippen LogP contribution >= 0.6 is 0 Å². The van der Waals surface area contributed by atoms with Gasteiger partial charge in [0.2, 0.25) is 0 Å². The lowest BCUT2D eigenvalue weighted by molar-refractivity contribution is -0.191. The predicted molar refractivity (Wildman–Crippen MR) is 73.8 cm³/mol. The minimum absolute atomic E-state index is 0.0584. The van der Waals surface area contributed by atoms with Crippen molar-refractivity contribution in [3.05, 3.63) is 0 Å². The van der Waals surface area contributed by atoms with Crippen molar-refractivity contribution in [3.8, 4) is 0 Å². The third-order valence-corrected chi connectivity index (χ3v) is 3.55. The molecule has 122 valence electrons. The van der Waals surface area contributed by atoms with Gasteiger partial charge in [-0.15, -0.1) is 0 Å². The lowest BCUT2D eigenvalue weighted by Gasteiger charge is -2.42. The molecule has 0 spiro atoms. The van der Waals surface area contributed by atoms with Crippen molar-refractivity contribution in [3.63, 3.8) is 0 Å². The normalized spacial score (nSPS) is 18.4. The molecule has 0 N–H and O–H groups in total. The fraction of sp³-hybridized carbons (Fsp3) is 0.846. The summed E-state index contributed by atoms with van der Waals surface area (Å²) in [5, 5.41) is 0. The second-order valence-electron chi connectivity index (χ2n) is 5.82. The predicted octanol–water partition coefficient (Wildman–Crippen LogP) is 1.01. The highest BCUT2D eigenvalue weighted by atomic mass is 32.2. The van der Waals surface area contributed by atoms with Gasteiger partial charge in [0.25, 0.3) is 10.1 Å². The number of rotatable bonds is 6. The first-order chi connectivity index (χ1) is 9.46. The van der Waals surface area contributed by atoms with Crippen molar-refractivity contribution in [2.45, 2.75) is 58.8 Å². The number of hydrogen-bond acceptors (Lipinski definition) is 7. The van der Waals surface area contributed by atoms with Crippen LogP contribution < -0.4 is 0 Å². The van der Waals surface area contributed by atoms with E-state index in [1.165, 1.54) is 0 Å². The number of esters is 2. The zero-order valence-electron chi connectivity index (χ0n) is 12.9. The molecule has 0 bridgehead atoms. The maximum absolute atomic E-state index is 12.2.